The average molecular weight is 611 g/mol. The van der Waals surface area contributed by atoms with Gasteiger partial charge < -0.3 is 28.8 Å². The molecule has 4 aromatic carbocycles. The van der Waals surface area contributed by atoms with Gasteiger partial charge in [-0.25, -0.2) is 19.2 Å². The van der Waals surface area contributed by atoms with Crippen molar-refractivity contribution in [3.05, 3.63) is 144 Å². The molecule has 1 N–H and O–H groups in total. The van der Waals surface area contributed by atoms with E-state index in [1.165, 1.54) is 55.6 Å². The lowest BCUT2D eigenvalue weighted by atomic mass is 9.83. The van der Waals surface area contributed by atoms with E-state index in [1.807, 2.05) is 0 Å². The summed E-state index contributed by atoms with van der Waals surface area (Å²) in [4.78, 5) is 53.4. The predicted molar refractivity (Wildman–Crippen MR) is 159 cm³/mol. The topological polar surface area (TPSA) is 135 Å². The molecule has 0 aliphatic heterocycles. The Bertz CT molecular complexity index is 1600. The minimum atomic E-state index is -1.70. The van der Waals surface area contributed by atoms with Crippen molar-refractivity contribution >= 4 is 23.9 Å². The quantitative estimate of drug-likeness (QED) is 0.216. The van der Waals surface area contributed by atoms with Gasteiger partial charge in [0.2, 0.25) is 0 Å². The molecule has 0 spiro atoms. The summed E-state index contributed by atoms with van der Waals surface area (Å²) >= 11 is 0. The number of hydrogen-bond acceptors (Lipinski definition) is 10. The number of methoxy groups -OCH3 is 1. The molecule has 0 bridgehead atoms. The molecule has 0 aromatic heterocycles. The lowest BCUT2D eigenvalue weighted by Gasteiger charge is -2.46. The minimum Gasteiger partial charge on any atom is -0.452 e. The van der Waals surface area contributed by atoms with Crippen LogP contribution in [0.25, 0.3) is 0 Å². The van der Waals surface area contributed by atoms with Gasteiger partial charge in [0, 0.05) is 7.11 Å². The molecule has 0 saturated heterocycles. The monoisotopic (exact) mass is 610 g/mol. The number of aliphatic hydroxyl groups excluding tert-OH is 1. The second-order valence-electron chi connectivity index (χ2n) is 10.1. The number of aliphatic hydroxyl groups is 1. The Labute approximate surface area is 259 Å². The Balaban J connectivity index is 1.57. The molecule has 230 valence electrons. The highest BCUT2D eigenvalue weighted by Gasteiger charge is 2.58. The SMILES string of the molecule is CO[C@@H]1[C@H](O)[C@@H](OC(=O)c2ccccc2)[C@@H](OC(=O)c2ccccc2)[C@H](OC(=O)c2ccccc2)[C@H]1OC(=O)c1ccccc1. The Hall–Kier alpha value is -5.32. The Morgan fingerprint density at radius 3 is 0.956 bits per heavy atom. The number of rotatable bonds is 9. The van der Waals surface area contributed by atoms with Crippen LogP contribution < -0.4 is 0 Å². The van der Waals surface area contributed by atoms with Crippen molar-refractivity contribution in [2.45, 2.75) is 36.6 Å². The third-order valence-electron chi connectivity index (χ3n) is 7.25. The van der Waals surface area contributed by atoms with Gasteiger partial charge in [0.15, 0.2) is 24.4 Å². The van der Waals surface area contributed by atoms with Crippen LogP contribution in [0.4, 0.5) is 0 Å². The first kappa shape index (κ1) is 31.1. The molecule has 45 heavy (non-hydrogen) atoms. The molecule has 10 heteroatoms. The maximum absolute atomic E-state index is 13.4. The summed E-state index contributed by atoms with van der Waals surface area (Å²) in [7, 11) is 1.25. The van der Waals surface area contributed by atoms with Crippen molar-refractivity contribution < 1.29 is 48.0 Å². The van der Waals surface area contributed by atoms with Crippen LogP contribution in [-0.2, 0) is 23.7 Å². The lowest BCUT2D eigenvalue weighted by molar-refractivity contribution is -0.229. The molecule has 1 aliphatic carbocycles. The fraction of sp³-hybridized carbons (Fsp3) is 0.200. The van der Waals surface area contributed by atoms with E-state index < -0.39 is 60.5 Å². The van der Waals surface area contributed by atoms with Gasteiger partial charge in [0.25, 0.3) is 0 Å². The molecule has 6 atom stereocenters. The summed E-state index contributed by atoms with van der Waals surface area (Å²) in [5, 5.41) is 11.6. The van der Waals surface area contributed by atoms with E-state index in [-0.39, 0.29) is 22.3 Å². The van der Waals surface area contributed by atoms with Gasteiger partial charge in [-0.2, -0.15) is 0 Å². The van der Waals surface area contributed by atoms with Crippen LogP contribution >= 0.6 is 0 Å². The van der Waals surface area contributed by atoms with E-state index in [2.05, 4.69) is 0 Å². The van der Waals surface area contributed by atoms with Gasteiger partial charge in [-0.3, -0.25) is 0 Å². The molecule has 1 saturated carbocycles. The van der Waals surface area contributed by atoms with Crippen molar-refractivity contribution in [3.63, 3.8) is 0 Å². The summed E-state index contributed by atoms with van der Waals surface area (Å²) in [6.45, 7) is 0. The normalized spacial score (nSPS) is 22.4. The summed E-state index contributed by atoms with van der Waals surface area (Å²) in [6, 6.07) is 32.0. The first-order chi connectivity index (χ1) is 21.9. The molecule has 0 heterocycles. The van der Waals surface area contributed by atoms with E-state index in [9.17, 15) is 24.3 Å². The molecular weight excluding hydrogens is 580 g/mol. The van der Waals surface area contributed by atoms with E-state index in [0.29, 0.717) is 0 Å². The highest BCUT2D eigenvalue weighted by atomic mass is 16.6. The van der Waals surface area contributed by atoms with Gasteiger partial charge >= 0.3 is 23.9 Å². The maximum Gasteiger partial charge on any atom is 0.338 e. The molecule has 1 fully saturated rings. The van der Waals surface area contributed by atoms with Crippen molar-refractivity contribution in [2.75, 3.05) is 7.11 Å². The Morgan fingerprint density at radius 2 is 0.667 bits per heavy atom. The van der Waals surface area contributed by atoms with Crippen molar-refractivity contribution in [3.8, 4) is 0 Å². The highest BCUT2D eigenvalue weighted by Crippen LogP contribution is 2.34. The van der Waals surface area contributed by atoms with Crippen LogP contribution in [0, 0.1) is 0 Å². The fourth-order valence-corrected chi connectivity index (χ4v) is 5.01. The molecule has 5 rings (SSSR count). The predicted octanol–water partition coefficient (Wildman–Crippen LogP) is 4.28. The Morgan fingerprint density at radius 1 is 0.422 bits per heavy atom. The zero-order valence-corrected chi connectivity index (χ0v) is 24.1. The van der Waals surface area contributed by atoms with Crippen molar-refractivity contribution in [1.29, 1.82) is 0 Å². The summed E-state index contributed by atoms with van der Waals surface area (Å²) in [6.07, 6.45) is -9.45. The van der Waals surface area contributed by atoms with Crippen LogP contribution in [0.3, 0.4) is 0 Å². The highest BCUT2D eigenvalue weighted by molar-refractivity contribution is 5.92. The summed E-state index contributed by atoms with van der Waals surface area (Å²) in [5.74, 6) is -3.37. The average Bonchev–Trinajstić information content (AvgIpc) is 3.09. The molecule has 1 aliphatic rings. The standard InChI is InChI=1S/C35H30O10/c1-41-27-26(36)28(42-32(37)22-14-6-2-7-15-22)30(44-34(39)24-18-10-4-11-19-24)31(45-35(40)25-20-12-5-13-21-25)29(27)43-33(38)23-16-8-3-9-17-23/h2-21,26-31,36H,1H3/t26-,27+,28+,29-,30+,31+/m0/s1. The van der Waals surface area contributed by atoms with Crippen LogP contribution in [0.2, 0.25) is 0 Å². The third kappa shape index (κ3) is 7.26. The number of hydrogen-bond donors (Lipinski definition) is 1. The van der Waals surface area contributed by atoms with E-state index in [1.54, 1.807) is 72.8 Å². The molecular formula is C35H30O10. The van der Waals surface area contributed by atoms with Crippen LogP contribution in [-0.4, -0.2) is 72.7 Å². The molecule has 0 radical (unpaired) electrons. The maximum atomic E-state index is 13.4. The van der Waals surface area contributed by atoms with Gasteiger partial charge in [-0.1, -0.05) is 72.8 Å². The van der Waals surface area contributed by atoms with E-state index in [0.717, 1.165) is 0 Å². The second kappa shape index (κ2) is 14.4. The van der Waals surface area contributed by atoms with Gasteiger partial charge in [0.1, 0.15) is 12.2 Å². The zero-order valence-electron chi connectivity index (χ0n) is 24.1. The zero-order chi connectivity index (χ0) is 31.8. The van der Waals surface area contributed by atoms with Crippen LogP contribution in [0.15, 0.2) is 121 Å². The van der Waals surface area contributed by atoms with Gasteiger partial charge in [-0.05, 0) is 48.5 Å². The minimum absolute atomic E-state index is 0.139. The van der Waals surface area contributed by atoms with Gasteiger partial charge in [0.05, 0.1) is 22.3 Å². The van der Waals surface area contributed by atoms with E-state index in [4.69, 9.17) is 23.7 Å². The van der Waals surface area contributed by atoms with Crippen molar-refractivity contribution in [2.24, 2.45) is 0 Å². The molecule has 0 amide bonds. The van der Waals surface area contributed by atoms with Crippen LogP contribution in [0.1, 0.15) is 41.4 Å². The van der Waals surface area contributed by atoms with Gasteiger partial charge in [-0.15, -0.1) is 0 Å². The number of ether oxygens (including phenoxy) is 5. The second-order valence-corrected chi connectivity index (χ2v) is 10.1. The fourth-order valence-electron chi connectivity index (χ4n) is 5.01. The number of carbonyl (C=O) groups is 4. The largest absolute Gasteiger partial charge is 0.452 e. The first-order valence-corrected chi connectivity index (χ1v) is 14.1. The lowest BCUT2D eigenvalue weighted by Crippen LogP contribution is -2.68. The Kier molecular flexibility index (Phi) is 9.98. The molecule has 10 nitrogen and oxygen atoms in total. The summed E-state index contributed by atoms with van der Waals surface area (Å²) < 4.78 is 28.9. The number of carbonyl (C=O) groups excluding carboxylic acids is 4. The number of esters is 4. The molecule has 0 unspecified atom stereocenters. The van der Waals surface area contributed by atoms with E-state index >= 15 is 0 Å². The smallest absolute Gasteiger partial charge is 0.338 e. The van der Waals surface area contributed by atoms with Crippen molar-refractivity contribution in [1.82, 2.24) is 0 Å². The summed E-state index contributed by atoms with van der Waals surface area (Å²) in [5.41, 5.74) is 0.615. The first-order valence-electron chi connectivity index (χ1n) is 14.1. The third-order valence-corrected chi connectivity index (χ3v) is 7.25. The van der Waals surface area contributed by atoms with Crippen LogP contribution in [0.5, 0.6) is 0 Å². The molecule has 4 aromatic rings. The number of benzene rings is 4.